The lowest BCUT2D eigenvalue weighted by Gasteiger charge is -2.32. The third-order valence-electron chi connectivity index (χ3n) is 5.76. The van der Waals surface area contributed by atoms with Gasteiger partial charge in [-0.15, -0.1) is 0 Å². The molecular weight excluding hydrogens is 570 g/mol. The van der Waals surface area contributed by atoms with Gasteiger partial charge < -0.3 is 9.47 Å². The number of phosphoric ester groups is 1. The summed E-state index contributed by atoms with van der Waals surface area (Å²) in [6, 6.07) is 13.6. The fourth-order valence-electron chi connectivity index (χ4n) is 4.10. The first-order chi connectivity index (χ1) is 19.4. The Kier molecular flexibility index (Phi) is 10.7. The van der Waals surface area contributed by atoms with Gasteiger partial charge in [-0.05, 0) is 77.6 Å². The number of alkyl halides is 3. The molecule has 232 valence electrons. The number of hydrogen-bond acceptors (Lipinski definition) is 7. The molecular formula is C31H41F3NO6P. The highest BCUT2D eigenvalue weighted by Crippen LogP contribution is 2.56. The number of hydrogen-bond donors (Lipinski definition) is 0. The van der Waals surface area contributed by atoms with Crippen LogP contribution in [0.25, 0.3) is 6.08 Å². The summed E-state index contributed by atoms with van der Waals surface area (Å²) in [6.45, 7) is 11.9. The first-order valence-corrected chi connectivity index (χ1v) is 15.3. The lowest BCUT2D eigenvalue weighted by molar-refractivity contribution is -0.139. The minimum absolute atomic E-state index is 0.0368. The number of aliphatic imine (C=N–C) groups is 1. The van der Waals surface area contributed by atoms with Gasteiger partial charge in [0.05, 0.1) is 30.0 Å². The highest BCUT2D eigenvalue weighted by Gasteiger charge is 2.42. The maximum Gasteiger partial charge on any atom is 0.475 e. The number of nitrogens with zero attached hydrogens (tertiary/aromatic N) is 1. The Morgan fingerprint density at radius 1 is 1.00 bits per heavy atom. The van der Waals surface area contributed by atoms with E-state index in [0.29, 0.717) is 18.7 Å². The third kappa shape index (κ3) is 10.9. The molecule has 42 heavy (non-hydrogen) atoms. The molecule has 0 amide bonds. The number of rotatable bonds is 12. The van der Waals surface area contributed by atoms with Crippen LogP contribution < -0.4 is 4.74 Å². The molecule has 0 saturated carbocycles. The van der Waals surface area contributed by atoms with Crippen molar-refractivity contribution >= 4 is 19.8 Å². The average molecular weight is 612 g/mol. The first-order valence-electron chi connectivity index (χ1n) is 13.8. The lowest BCUT2D eigenvalue weighted by Crippen LogP contribution is -2.33. The fourth-order valence-corrected chi connectivity index (χ4v) is 5.97. The van der Waals surface area contributed by atoms with E-state index in [1.165, 1.54) is 18.2 Å². The highest BCUT2D eigenvalue weighted by atomic mass is 31.2. The Labute approximate surface area is 246 Å². The largest absolute Gasteiger partial charge is 0.493 e. The second-order valence-corrected chi connectivity index (χ2v) is 13.7. The van der Waals surface area contributed by atoms with Crippen LogP contribution in [0.3, 0.4) is 0 Å². The van der Waals surface area contributed by atoms with Crippen molar-refractivity contribution < 1.29 is 40.8 Å². The van der Waals surface area contributed by atoms with Crippen molar-refractivity contribution in [3.8, 4) is 5.75 Å². The van der Waals surface area contributed by atoms with Crippen molar-refractivity contribution in [2.75, 3.05) is 19.8 Å². The van der Waals surface area contributed by atoms with Gasteiger partial charge in [-0.1, -0.05) is 48.6 Å². The zero-order valence-corrected chi connectivity index (χ0v) is 26.2. The number of aryl methyl sites for hydroxylation is 1. The lowest BCUT2D eigenvalue weighted by atomic mass is 10.0. The minimum atomic E-state index is -4.62. The van der Waals surface area contributed by atoms with Crippen molar-refractivity contribution in [2.24, 2.45) is 4.99 Å². The van der Waals surface area contributed by atoms with E-state index in [0.717, 1.165) is 11.6 Å². The third-order valence-corrected chi connectivity index (χ3v) is 7.75. The summed E-state index contributed by atoms with van der Waals surface area (Å²) >= 11 is 0. The summed E-state index contributed by atoms with van der Waals surface area (Å²) in [7, 11) is -4.07. The summed E-state index contributed by atoms with van der Waals surface area (Å²) in [5.41, 5.74) is -2.34. The van der Waals surface area contributed by atoms with E-state index in [-0.39, 0.29) is 31.1 Å². The van der Waals surface area contributed by atoms with Gasteiger partial charge >= 0.3 is 14.0 Å². The molecule has 1 unspecified atom stereocenters. The molecule has 3 rings (SSSR count). The Morgan fingerprint density at radius 3 is 2.19 bits per heavy atom. The smallest absolute Gasteiger partial charge is 0.475 e. The summed E-state index contributed by atoms with van der Waals surface area (Å²) in [4.78, 5) is 4.50. The number of halogens is 3. The molecule has 0 radical (unpaired) electrons. The molecule has 1 atom stereocenters. The molecule has 11 heteroatoms. The van der Waals surface area contributed by atoms with Crippen molar-refractivity contribution in [2.45, 2.75) is 84.2 Å². The number of phosphoric acid groups is 1. The predicted octanol–water partition coefficient (Wildman–Crippen LogP) is 8.67. The van der Waals surface area contributed by atoms with Crippen LogP contribution in [-0.2, 0) is 35.5 Å². The van der Waals surface area contributed by atoms with Crippen LogP contribution in [-0.4, -0.2) is 42.5 Å². The van der Waals surface area contributed by atoms with Crippen LogP contribution in [0.1, 0.15) is 71.6 Å². The van der Waals surface area contributed by atoms with Crippen molar-refractivity contribution in [3.05, 3.63) is 71.3 Å². The maximum atomic E-state index is 14.0. The van der Waals surface area contributed by atoms with Gasteiger partial charge in [0, 0.05) is 6.92 Å². The van der Waals surface area contributed by atoms with Crippen LogP contribution in [0, 0.1) is 0 Å². The first kappa shape index (κ1) is 33.8. The molecule has 1 aliphatic rings. The van der Waals surface area contributed by atoms with E-state index < -0.39 is 36.3 Å². The molecule has 0 aromatic heterocycles. The minimum Gasteiger partial charge on any atom is -0.493 e. The number of benzene rings is 2. The summed E-state index contributed by atoms with van der Waals surface area (Å²) in [6.07, 6.45) is -0.263. The van der Waals surface area contributed by atoms with E-state index in [1.807, 2.05) is 30.3 Å². The zero-order valence-electron chi connectivity index (χ0n) is 25.3. The zero-order chi connectivity index (χ0) is 31.2. The number of ether oxygens (including phenoxy) is 2. The fraction of sp³-hybridized carbons (Fsp3) is 0.516. The predicted molar refractivity (Wildman–Crippen MR) is 158 cm³/mol. The van der Waals surface area contributed by atoms with Gasteiger partial charge in [-0.2, -0.15) is 13.2 Å². The van der Waals surface area contributed by atoms with Gasteiger partial charge in [0.25, 0.3) is 0 Å². The molecule has 2 aromatic carbocycles. The Morgan fingerprint density at radius 2 is 1.64 bits per heavy atom. The molecule has 0 aliphatic carbocycles. The average Bonchev–Trinajstić information content (AvgIpc) is 3.23. The second kappa shape index (κ2) is 13.3. The van der Waals surface area contributed by atoms with Crippen LogP contribution in [0.4, 0.5) is 13.2 Å². The second-order valence-electron chi connectivity index (χ2n) is 12.2. The van der Waals surface area contributed by atoms with Gasteiger partial charge in [0.15, 0.2) is 5.90 Å². The molecule has 1 aliphatic heterocycles. The van der Waals surface area contributed by atoms with Crippen molar-refractivity contribution in [1.82, 2.24) is 0 Å². The summed E-state index contributed by atoms with van der Waals surface area (Å²) < 4.78 is 83.7. The van der Waals surface area contributed by atoms with Crippen LogP contribution >= 0.6 is 7.82 Å². The molecule has 1 heterocycles. The SMILES string of the molecule is CC1=NC(/C=C/c2ccc(OCCCc3ccccc3)c(C(F)(F)F)c2)(COP(=O)(OC(C)(C)C)OC(C)(C)C)CO1. The van der Waals surface area contributed by atoms with Crippen LogP contribution in [0.5, 0.6) is 5.75 Å². The molecule has 0 bridgehead atoms. The Bertz CT molecular complexity index is 1280. The standard InChI is InChI=1S/C31H41F3NO6P/c1-23-35-30(21-38-23,22-39-42(36,40-28(2,3)4)41-29(5,6)7)18-17-25-15-16-27(26(20-25)31(32,33)34)37-19-11-14-24-12-9-8-10-13-24/h8-10,12-13,15-18,20H,11,14,19,21-22H2,1-7H3/b18-17+. The van der Waals surface area contributed by atoms with E-state index in [1.54, 1.807) is 54.5 Å². The molecule has 0 fully saturated rings. The molecule has 0 saturated heterocycles. The van der Waals surface area contributed by atoms with E-state index in [2.05, 4.69) is 4.99 Å². The molecule has 0 spiro atoms. The van der Waals surface area contributed by atoms with Gasteiger partial charge in [-0.3, -0.25) is 13.6 Å². The monoisotopic (exact) mass is 611 g/mol. The van der Waals surface area contributed by atoms with E-state index in [4.69, 9.17) is 23.0 Å². The summed E-state index contributed by atoms with van der Waals surface area (Å²) in [5.74, 6) is 0.130. The summed E-state index contributed by atoms with van der Waals surface area (Å²) in [5, 5.41) is 0. The molecule has 7 nitrogen and oxygen atoms in total. The topological polar surface area (TPSA) is 75.6 Å². The molecule has 0 N–H and O–H groups in total. The Balaban J connectivity index is 1.78. The maximum absolute atomic E-state index is 14.0. The quantitative estimate of drug-likeness (QED) is 0.177. The van der Waals surface area contributed by atoms with Gasteiger partial charge in [0.2, 0.25) is 0 Å². The molecule has 2 aromatic rings. The van der Waals surface area contributed by atoms with Gasteiger partial charge in [-0.25, -0.2) is 9.56 Å². The van der Waals surface area contributed by atoms with E-state index >= 15 is 0 Å². The van der Waals surface area contributed by atoms with Gasteiger partial charge in [0.1, 0.15) is 17.9 Å². The van der Waals surface area contributed by atoms with E-state index in [9.17, 15) is 17.7 Å². The van der Waals surface area contributed by atoms with Crippen LogP contribution in [0.15, 0.2) is 59.6 Å². The normalized spacial score (nSPS) is 18.3. The van der Waals surface area contributed by atoms with Crippen molar-refractivity contribution in [3.63, 3.8) is 0 Å². The highest BCUT2D eigenvalue weighted by molar-refractivity contribution is 7.48. The van der Waals surface area contributed by atoms with Crippen LogP contribution in [0.2, 0.25) is 0 Å². The van der Waals surface area contributed by atoms with Crippen molar-refractivity contribution in [1.29, 1.82) is 0 Å². The Hall–Kier alpha value is -2.65.